The molecular weight excluding hydrogens is 793 g/mol. The molecular formula is C58H108O6. The standard InChI is InChI=1S/C58H108O6/c1-4-7-10-13-15-17-19-21-22-23-24-25-26-27-28-29-30-31-32-33-34-35-36-37-39-40-42-45-48-51-57(60)63-54-55(53-62-56(59)50-47-44-12-9-6-3)64-58(61)52-49-46-43-41-38-20-18-16-14-11-8-5-2/h19,21,23-24,55H,4-18,20,22,25-54H2,1-3H3/b21-19-,24-23-. The van der Waals surface area contributed by atoms with Gasteiger partial charge in [0.2, 0.25) is 0 Å². The van der Waals surface area contributed by atoms with Crippen LogP contribution in [0.1, 0.15) is 310 Å². The maximum atomic E-state index is 12.7. The van der Waals surface area contributed by atoms with E-state index in [-0.39, 0.29) is 31.1 Å². The Morgan fingerprint density at radius 2 is 0.562 bits per heavy atom. The van der Waals surface area contributed by atoms with Crippen molar-refractivity contribution in [2.24, 2.45) is 0 Å². The van der Waals surface area contributed by atoms with Crippen LogP contribution in [0.15, 0.2) is 24.3 Å². The average Bonchev–Trinajstić information content (AvgIpc) is 3.29. The zero-order valence-corrected chi connectivity index (χ0v) is 43.1. The van der Waals surface area contributed by atoms with Crippen LogP contribution in [0.5, 0.6) is 0 Å². The molecule has 0 aliphatic rings. The van der Waals surface area contributed by atoms with Gasteiger partial charge in [-0.3, -0.25) is 14.4 Å². The molecule has 0 bridgehead atoms. The minimum Gasteiger partial charge on any atom is -0.462 e. The van der Waals surface area contributed by atoms with E-state index < -0.39 is 6.10 Å². The van der Waals surface area contributed by atoms with Gasteiger partial charge in [0.15, 0.2) is 6.10 Å². The highest BCUT2D eigenvalue weighted by molar-refractivity contribution is 5.71. The summed E-state index contributed by atoms with van der Waals surface area (Å²) in [6.07, 6.45) is 62.3. The minimum absolute atomic E-state index is 0.0664. The second-order valence-corrected chi connectivity index (χ2v) is 19.2. The van der Waals surface area contributed by atoms with E-state index >= 15 is 0 Å². The quantitative estimate of drug-likeness (QED) is 0.0262. The molecule has 0 saturated carbocycles. The van der Waals surface area contributed by atoms with E-state index in [1.165, 1.54) is 199 Å². The lowest BCUT2D eigenvalue weighted by atomic mass is 10.0. The summed E-state index contributed by atoms with van der Waals surface area (Å²) in [6.45, 7) is 6.57. The summed E-state index contributed by atoms with van der Waals surface area (Å²) in [5.41, 5.74) is 0. The Kier molecular flexibility index (Phi) is 51.7. The van der Waals surface area contributed by atoms with Crippen LogP contribution in [-0.4, -0.2) is 37.2 Å². The number of allylic oxidation sites excluding steroid dienone is 4. The molecule has 0 amide bonds. The summed E-state index contributed by atoms with van der Waals surface area (Å²) >= 11 is 0. The maximum absolute atomic E-state index is 12.7. The molecule has 0 aromatic carbocycles. The van der Waals surface area contributed by atoms with Crippen molar-refractivity contribution in [3.8, 4) is 0 Å². The van der Waals surface area contributed by atoms with Gasteiger partial charge in [-0.05, 0) is 51.4 Å². The van der Waals surface area contributed by atoms with Crippen molar-refractivity contribution in [2.75, 3.05) is 13.2 Å². The molecule has 0 aromatic heterocycles. The summed E-state index contributed by atoms with van der Waals surface area (Å²) in [4.78, 5) is 37.7. The molecule has 0 rings (SSSR count). The first-order chi connectivity index (χ1) is 31.5. The lowest BCUT2D eigenvalue weighted by Gasteiger charge is -2.18. The van der Waals surface area contributed by atoms with Crippen LogP contribution in [0.2, 0.25) is 0 Å². The summed E-state index contributed by atoms with van der Waals surface area (Å²) in [7, 11) is 0. The van der Waals surface area contributed by atoms with Crippen LogP contribution in [0.4, 0.5) is 0 Å². The number of rotatable bonds is 52. The Labute approximate surface area is 398 Å². The fourth-order valence-corrected chi connectivity index (χ4v) is 8.42. The lowest BCUT2D eigenvalue weighted by Crippen LogP contribution is -2.30. The van der Waals surface area contributed by atoms with E-state index in [4.69, 9.17) is 14.2 Å². The van der Waals surface area contributed by atoms with Crippen molar-refractivity contribution in [3.05, 3.63) is 24.3 Å². The molecule has 0 aliphatic heterocycles. The number of hydrogen-bond donors (Lipinski definition) is 0. The largest absolute Gasteiger partial charge is 0.462 e. The van der Waals surface area contributed by atoms with Crippen molar-refractivity contribution in [2.45, 2.75) is 316 Å². The molecule has 0 heterocycles. The molecule has 376 valence electrons. The number of carbonyl (C=O) groups is 3. The van der Waals surface area contributed by atoms with Crippen LogP contribution >= 0.6 is 0 Å². The zero-order chi connectivity index (χ0) is 46.5. The van der Waals surface area contributed by atoms with Gasteiger partial charge in [-0.15, -0.1) is 0 Å². The molecule has 64 heavy (non-hydrogen) atoms. The van der Waals surface area contributed by atoms with Gasteiger partial charge in [0.05, 0.1) is 0 Å². The second kappa shape index (κ2) is 53.5. The second-order valence-electron chi connectivity index (χ2n) is 19.2. The topological polar surface area (TPSA) is 78.9 Å². The van der Waals surface area contributed by atoms with Gasteiger partial charge in [-0.1, -0.05) is 263 Å². The summed E-state index contributed by atoms with van der Waals surface area (Å²) < 4.78 is 16.7. The van der Waals surface area contributed by atoms with Gasteiger partial charge in [0.25, 0.3) is 0 Å². The number of ether oxygens (including phenoxy) is 3. The number of hydrogen-bond acceptors (Lipinski definition) is 6. The predicted molar refractivity (Wildman–Crippen MR) is 275 cm³/mol. The van der Waals surface area contributed by atoms with E-state index in [0.29, 0.717) is 19.3 Å². The molecule has 0 N–H and O–H groups in total. The van der Waals surface area contributed by atoms with Crippen LogP contribution in [-0.2, 0) is 28.6 Å². The van der Waals surface area contributed by atoms with Gasteiger partial charge in [0, 0.05) is 19.3 Å². The third kappa shape index (κ3) is 50.9. The average molecular weight is 901 g/mol. The molecule has 0 spiro atoms. The van der Waals surface area contributed by atoms with E-state index in [2.05, 4.69) is 45.1 Å². The van der Waals surface area contributed by atoms with Crippen LogP contribution in [0.3, 0.4) is 0 Å². The van der Waals surface area contributed by atoms with Crippen LogP contribution < -0.4 is 0 Å². The van der Waals surface area contributed by atoms with E-state index in [9.17, 15) is 14.4 Å². The Hall–Kier alpha value is -2.11. The van der Waals surface area contributed by atoms with Gasteiger partial charge in [-0.25, -0.2) is 0 Å². The van der Waals surface area contributed by atoms with Crippen LogP contribution in [0.25, 0.3) is 0 Å². The van der Waals surface area contributed by atoms with E-state index in [0.717, 1.165) is 70.6 Å². The van der Waals surface area contributed by atoms with Crippen LogP contribution in [0, 0.1) is 0 Å². The van der Waals surface area contributed by atoms with Gasteiger partial charge in [-0.2, -0.15) is 0 Å². The first kappa shape index (κ1) is 61.9. The Morgan fingerprint density at radius 3 is 0.859 bits per heavy atom. The number of unbranched alkanes of at least 4 members (excludes halogenated alkanes) is 37. The third-order valence-electron chi connectivity index (χ3n) is 12.7. The Morgan fingerprint density at radius 1 is 0.312 bits per heavy atom. The van der Waals surface area contributed by atoms with Crippen molar-refractivity contribution in [3.63, 3.8) is 0 Å². The molecule has 6 nitrogen and oxygen atoms in total. The summed E-state index contributed by atoms with van der Waals surface area (Å²) in [5.74, 6) is -0.865. The molecule has 1 unspecified atom stereocenters. The molecule has 6 heteroatoms. The Bertz CT molecular complexity index is 1040. The molecule has 1 atom stereocenters. The monoisotopic (exact) mass is 901 g/mol. The zero-order valence-electron chi connectivity index (χ0n) is 43.1. The minimum atomic E-state index is -0.761. The number of esters is 3. The maximum Gasteiger partial charge on any atom is 0.306 e. The van der Waals surface area contributed by atoms with E-state index in [1.54, 1.807) is 0 Å². The van der Waals surface area contributed by atoms with Crippen molar-refractivity contribution in [1.29, 1.82) is 0 Å². The Balaban J connectivity index is 3.92. The molecule has 0 saturated heterocycles. The third-order valence-corrected chi connectivity index (χ3v) is 12.7. The van der Waals surface area contributed by atoms with Gasteiger partial charge in [0.1, 0.15) is 13.2 Å². The molecule has 0 fully saturated rings. The van der Waals surface area contributed by atoms with Gasteiger partial charge < -0.3 is 14.2 Å². The lowest BCUT2D eigenvalue weighted by molar-refractivity contribution is -0.167. The predicted octanol–water partition coefficient (Wildman–Crippen LogP) is 18.7. The fraction of sp³-hybridized carbons (Fsp3) is 0.879. The number of carbonyl (C=O) groups excluding carboxylic acids is 3. The smallest absolute Gasteiger partial charge is 0.306 e. The first-order valence-corrected chi connectivity index (χ1v) is 28.3. The highest BCUT2D eigenvalue weighted by atomic mass is 16.6. The fourth-order valence-electron chi connectivity index (χ4n) is 8.42. The summed E-state index contributed by atoms with van der Waals surface area (Å²) in [6, 6.07) is 0. The molecule has 0 aliphatic carbocycles. The first-order valence-electron chi connectivity index (χ1n) is 28.3. The van der Waals surface area contributed by atoms with Crippen molar-refractivity contribution < 1.29 is 28.6 Å². The van der Waals surface area contributed by atoms with Gasteiger partial charge >= 0.3 is 17.9 Å². The highest BCUT2D eigenvalue weighted by Gasteiger charge is 2.19. The van der Waals surface area contributed by atoms with Crippen molar-refractivity contribution >= 4 is 17.9 Å². The van der Waals surface area contributed by atoms with Crippen molar-refractivity contribution in [1.82, 2.24) is 0 Å². The summed E-state index contributed by atoms with van der Waals surface area (Å²) in [5, 5.41) is 0. The van der Waals surface area contributed by atoms with E-state index in [1.807, 2.05) is 0 Å². The normalized spacial score (nSPS) is 12.1. The molecule has 0 radical (unpaired) electrons. The highest BCUT2D eigenvalue weighted by Crippen LogP contribution is 2.17. The molecule has 0 aromatic rings. The SMILES string of the molecule is CCCCCCC/C=C\C/C=C\CCCCCCCCCCCCCCCCCCCC(=O)OCC(COC(=O)CCCCCCC)OC(=O)CCCCCCCCCCCCCC.